The summed E-state index contributed by atoms with van der Waals surface area (Å²) in [4.78, 5) is 33.1. The Balaban J connectivity index is 1.55. The molecular formula is C26H25F6N5O4. The molecule has 220 valence electrons. The van der Waals surface area contributed by atoms with E-state index < -0.39 is 64.7 Å². The molecule has 1 saturated heterocycles. The number of esters is 1. The van der Waals surface area contributed by atoms with Gasteiger partial charge in [-0.3, -0.25) is 4.79 Å². The van der Waals surface area contributed by atoms with Gasteiger partial charge in [0.2, 0.25) is 0 Å². The topological polar surface area (TPSA) is 144 Å². The van der Waals surface area contributed by atoms with Crippen LogP contribution in [0.1, 0.15) is 34.3 Å². The lowest BCUT2D eigenvalue weighted by molar-refractivity contribution is -0.190. The Bertz CT molecular complexity index is 1370. The van der Waals surface area contributed by atoms with Crippen LogP contribution >= 0.6 is 0 Å². The number of piperidine rings is 1. The molecule has 2 unspecified atom stereocenters. The van der Waals surface area contributed by atoms with E-state index >= 15 is 0 Å². The molecule has 1 aromatic carbocycles. The van der Waals surface area contributed by atoms with Gasteiger partial charge in [-0.1, -0.05) is 30.3 Å². The number of amides is 1. The predicted octanol–water partition coefficient (Wildman–Crippen LogP) is 3.32. The number of aliphatic hydroxyl groups is 1. The van der Waals surface area contributed by atoms with Crippen LogP contribution in [0.4, 0.5) is 32.2 Å². The monoisotopic (exact) mass is 585 g/mol. The summed E-state index contributed by atoms with van der Waals surface area (Å²) in [5.74, 6) is -6.65. The van der Waals surface area contributed by atoms with E-state index in [-0.39, 0.29) is 44.1 Å². The van der Waals surface area contributed by atoms with Gasteiger partial charge in [0.15, 0.2) is 6.10 Å². The molecule has 0 aliphatic carbocycles. The van der Waals surface area contributed by atoms with E-state index in [4.69, 9.17) is 16.2 Å². The van der Waals surface area contributed by atoms with Crippen molar-refractivity contribution in [2.24, 2.45) is 28.3 Å². The molecule has 2 atom stereocenters. The molecule has 1 amide bonds. The fourth-order valence-electron chi connectivity index (χ4n) is 4.83. The van der Waals surface area contributed by atoms with Gasteiger partial charge in [-0.25, -0.2) is 9.78 Å². The van der Waals surface area contributed by atoms with Crippen molar-refractivity contribution in [1.82, 2.24) is 4.98 Å². The molecule has 2 aliphatic rings. The molecule has 3 heterocycles. The highest BCUT2D eigenvalue weighted by molar-refractivity contribution is 6.09. The van der Waals surface area contributed by atoms with Crippen LogP contribution in [0.3, 0.4) is 0 Å². The average molecular weight is 586 g/mol. The van der Waals surface area contributed by atoms with Crippen molar-refractivity contribution < 1.29 is 45.8 Å². The van der Waals surface area contributed by atoms with E-state index in [2.05, 4.69) is 9.98 Å². The number of halogens is 6. The SMILES string of the molecule is NC1=NC(=O)C(O)C(C(F)(F)F)C1=C(N)C1CCN(c2cc(C(=O)OCc3ccccc3)c(C(F)(F)F)cn2)CC1. The van der Waals surface area contributed by atoms with E-state index in [1.54, 1.807) is 35.2 Å². The zero-order chi connectivity index (χ0) is 30.1. The molecule has 0 saturated carbocycles. The van der Waals surface area contributed by atoms with E-state index in [9.17, 15) is 41.0 Å². The van der Waals surface area contributed by atoms with Crippen LogP contribution in [0, 0.1) is 11.8 Å². The predicted molar refractivity (Wildman–Crippen MR) is 133 cm³/mol. The van der Waals surface area contributed by atoms with Crippen molar-refractivity contribution in [3.05, 3.63) is 70.6 Å². The van der Waals surface area contributed by atoms with E-state index in [1.807, 2.05) is 0 Å². The number of nitrogens with two attached hydrogens (primary N) is 2. The van der Waals surface area contributed by atoms with Gasteiger partial charge in [0.1, 0.15) is 24.2 Å². The first-order chi connectivity index (χ1) is 19.2. The number of carbonyl (C=O) groups excluding carboxylic acids is 2. The van der Waals surface area contributed by atoms with Gasteiger partial charge < -0.3 is 26.2 Å². The zero-order valence-corrected chi connectivity index (χ0v) is 21.2. The number of allylic oxidation sites excluding steroid dienone is 1. The molecule has 4 rings (SSSR count). The number of anilines is 1. The van der Waals surface area contributed by atoms with Gasteiger partial charge in [0, 0.05) is 36.5 Å². The highest BCUT2D eigenvalue weighted by Crippen LogP contribution is 2.40. The molecule has 15 heteroatoms. The Labute approximate surface area is 229 Å². The minimum absolute atomic E-state index is 0.0299. The van der Waals surface area contributed by atoms with E-state index in [0.29, 0.717) is 11.8 Å². The van der Waals surface area contributed by atoms with Crippen LogP contribution in [-0.4, -0.2) is 53.2 Å². The maximum Gasteiger partial charge on any atom is 0.418 e. The molecule has 2 aliphatic heterocycles. The Morgan fingerprint density at radius 2 is 1.73 bits per heavy atom. The van der Waals surface area contributed by atoms with Gasteiger partial charge in [-0.2, -0.15) is 31.3 Å². The van der Waals surface area contributed by atoms with Gasteiger partial charge in [-0.15, -0.1) is 0 Å². The fraction of sp³-hybridized carbons (Fsp3) is 0.385. The van der Waals surface area contributed by atoms with Crippen LogP contribution in [0.25, 0.3) is 0 Å². The molecular weight excluding hydrogens is 560 g/mol. The van der Waals surface area contributed by atoms with Gasteiger partial charge in [0.25, 0.3) is 5.91 Å². The molecule has 1 aromatic heterocycles. The Morgan fingerprint density at radius 3 is 2.32 bits per heavy atom. The maximum atomic E-state index is 13.7. The Morgan fingerprint density at radius 1 is 1.10 bits per heavy atom. The Hall–Kier alpha value is -4.14. The van der Waals surface area contributed by atoms with E-state index in [1.165, 1.54) is 0 Å². The molecule has 1 fully saturated rings. The lowest BCUT2D eigenvalue weighted by atomic mass is 9.82. The first kappa shape index (κ1) is 29.8. The smallest absolute Gasteiger partial charge is 0.418 e. The lowest BCUT2D eigenvalue weighted by Gasteiger charge is -2.36. The average Bonchev–Trinajstić information content (AvgIpc) is 2.92. The fourth-order valence-corrected chi connectivity index (χ4v) is 4.83. The molecule has 0 bridgehead atoms. The summed E-state index contributed by atoms with van der Waals surface area (Å²) in [7, 11) is 0. The highest BCUT2D eigenvalue weighted by Gasteiger charge is 2.53. The summed E-state index contributed by atoms with van der Waals surface area (Å²) < 4.78 is 87.2. The van der Waals surface area contributed by atoms with Gasteiger partial charge in [-0.05, 0) is 24.5 Å². The van der Waals surface area contributed by atoms with E-state index in [0.717, 1.165) is 6.07 Å². The number of nitrogens with zero attached hydrogens (tertiary/aromatic N) is 3. The number of aromatic nitrogens is 1. The van der Waals surface area contributed by atoms with Crippen molar-refractivity contribution in [1.29, 1.82) is 0 Å². The summed E-state index contributed by atoms with van der Waals surface area (Å²) >= 11 is 0. The van der Waals surface area contributed by atoms with Gasteiger partial charge in [0.05, 0.1) is 11.1 Å². The summed E-state index contributed by atoms with van der Waals surface area (Å²) in [5, 5.41) is 9.90. The second-order valence-corrected chi connectivity index (χ2v) is 9.58. The van der Waals surface area contributed by atoms with Gasteiger partial charge >= 0.3 is 18.3 Å². The van der Waals surface area contributed by atoms with Crippen LogP contribution in [0.15, 0.2) is 58.9 Å². The Kier molecular flexibility index (Phi) is 8.29. The minimum Gasteiger partial charge on any atom is -0.457 e. The number of benzene rings is 1. The summed E-state index contributed by atoms with van der Waals surface area (Å²) in [6.07, 6.45) is -11.6. The van der Waals surface area contributed by atoms with Crippen molar-refractivity contribution in [3.63, 3.8) is 0 Å². The molecule has 5 N–H and O–H groups in total. The van der Waals surface area contributed by atoms with Crippen LogP contribution in [0.2, 0.25) is 0 Å². The molecule has 0 radical (unpaired) electrons. The number of alkyl halides is 6. The van der Waals surface area contributed by atoms with Crippen molar-refractivity contribution in [2.45, 2.75) is 37.9 Å². The third-order valence-electron chi connectivity index (χ3n) is 6.94. The van der Waals surface area contributed by atoms with Crippen LogP contribution < -0.4 is 16.4 Å². The molecule has 0 spiro atoms. The third kappa shape index (κ3) is 6.45. The number of carbonyl (C=O) groups is 2. The largest absolute Gasteiger partial charge is 0.457 e. The summed E-state index contributed by atoms with van der Waals surface area (Å²) in [6, 6.07) is 9.34. The first-order valence-electron chi connectivity index (χ1n) is 12.3. The first-order valence-corrected chi connectivity index (χ1v) is 12.3. The van der Waals surface area contributed by atoms with Crippen molar-refractivity contribution >= 4 is 23.5 Å². The second-order valence-electron chi connectivity index (χ2n) is 9.58. The van der Waals surface area contributed by atoms with Crippen molar-refractivity contribution in [3.8, 4) is 0 Å². The minimum atomic E-state index is -5.04. The lowest BCUT2D eigenvalue weighted by Crippen LogP contribution is -2.49. The normalized spacial score (nSPS) is 21.9. The number of aliphatic imine (C=N–C) groups is 1. The second kappa shape index (κ2) is 11.4. The number of rotatable bonds is 5. The standard InChI is InChI=1S/C26H25F6N5O4/c27-25(28,29)16-11-35-17(10-15(16)24(40)41-12-13-4-2-1-3-5-13)37-8-6-14(7-9-37)20(33)18-19(26(30,31)32)21(38)23(39)36-22(18)34/h1-5,10-11,14,19,21,38H,6-9,12,33H2,(H2,34,36,39). The number of aliphatic hydroxyl groups excluding tert-OH is 1. The molecule has 41 heavy (non-hydrogen) atoms. The molecule has 2 aromatic rings. The van der Waals surface area contributed by atoms with Crippen LogP contribution in [-0.2, 0) is 22.3 Å². The summed E-state index contributed by atoms with van der Waals surface area (Å²) in [6.45, 7) is -0.0466. The quantitative estimate of drug-likeness (QED) is 0.358. The summed E-state index contributed by atoms with van der Waals surface area (Å²) in [5.41, 5.74) is 9.31. The molecule has 9 nitrogen and oxygen atoms in total. The highest BCUT2D eigenvalue weighted by atomic mass is 19.4. The van der Waals surface area contributed by atoms with Crippen LogP contribution in [0.5, 0.6) is 0 Å². The number of ether oxygens (including phenoxy) is 1. The number of amidine groups is 1. The number of hydrogen-bond donors (Lipinski definition) is 3. The zero-order valence-electron chi connectivity index (χ0n) is 21.2. The number of hydrogen-bond acceptors (Lipinski definition) is 8. The maximum absolute atomic E-state index is 13.7. The van der Waals surface area contributed by atoms with Crippen molar-refractivity contribution in [2.75, 3.05) is 18.0 Å². The third-order valence-corrected chi connectivity index (χ3v) is 6.94. The number of pyridine rings is 1.